The van der Waals surface area contributed by atoms with Crippen LogP contribution >= 0.6 is 0 Å². The molecule has 0 aliphatic carbocycles. The number of non-ortho nitro benzene ring substituents is 1. The van der Waals surface area contributed by atoms with Crippen LogP contribution in [0.4, 0.5) is 5.69 Å². The molecular weight excluding hydrogens is 390 g/mol. The van der Waals surface area contributed by atoms with Crippen LogP contribution in [0.3, 0.4) is 0 Å². The molecule has 2 aromatic carbocycles. The first kappa shape index (κ1) is 21.0. The SMILES string of the molecule is CC[C@H](NC(=O)CN1Cc2ccc([N+](=O)[O-])cc2C1=O)C(=O)OCc1ccccc1. The van der Waals surface area contributed by atoms with Crippen molar-refractivity contribution in [3.8, 4) is 0 Å². The second-order valence-corrected chi connectivity index (χ2v) is 6.88. The average Bonchev–Trinajstić information content (AvgIpc) is 3.05. The van der Waals surface area contributed by atoms with E-state index in [2.05, 4.69) is 5.32 Å². The minimum absolute atomic E-state index is 0.102. The molecule has 0 bridgehead atoms. The van der Waals surface area contributed by atoms with Gasteiger partial charge in [0, 0.05) is 18.7 Å². The second kappa shape index (κ2) is 9.17. The van der Waals surface area contributed by atoms with E-state index < -0.39 is 28.7 Å². The first-order chi connectivity index (χ1) is 14.4. The van der Waals surface area contributed by atoms with Crippen LogP contribution in [0.1, 0.15) is 34.8 Å². The summed E-state index contributed by atoms with van der Waals surface area (Å²) in [5.74, 6) is -1.51. The van der Waals surface area contributed by atoms with Crippen LogP contribution in [-0.4, -0.2) is 40.2 Å². The van der Waals surface area contributed by atoms with Gasteiger partial charge in [0.1, 0.15) is 19.2 Å². The molecule has 9 nitrogen and oxygen atoms in total. The molecule has 2 aromatic rings. The highest BCUT2D eigenvalue weighted by Gasteiger charge is 2.31. The summed E-state index contributed by atoms with van der Waals surface area (Å²) in [6, 6.07) is 12.4. The normalized spacial score (nSPS) is 13.5. The molecule has 0 fully saturated rings. The third kappa shape index (κ3) is 4.80. The van der Waals surface area contributed by atoms with E-state index in [1.54, 1.807) is 6.92 Å². The number of ether oxygens (including phenoxy) is 1. The van der Waals surface area contributed by atoms with Crippen molar-refractivity contribution < 1.29 is 24.0 Å². The van der Waals surface area contributed by atoms with Gasteiger partial charge in [-0.25, -0.2) is 4.79 Å². The zero-order valence-corrected chi connectivity index (χ0v) is 16.4. The van der Waals surface area contributed by atoms with E-state index in [1.165, 1.54) is 23.1 Å². The minimum atomic E-state index is -0.831. The fourth-order valence-electron chi connectivity index (χ4n) is 3.16. The maximum Gasteiger partial charge on any atom is 0.328 e. The fraction of sp³-hybridized carbons (Fsp3) is 0.286. The summed E-state index contributed by atoms with van der Waals surface area (Å²) in [6.07, 6.45) is 0.333. The van der Waals surface area contributed by atoms with Crippen LogP contribution in [0.15, 0.2) is 48.5 Å². The number of nitro groups is 1. The van der Waals surface area contributed by atoms with E-state index in [-0.39, 0.29) is 30.9 Å². The molecule has 1 atom stereocenters. The molecule has 30 heavy (non-hydrogen) atoms. The highest BCUT2D eigenvalue weighted by atomic mass is 16.6. The number of carbonyl (C=O) groups is 3. The van der Waals surface area contributed by atoms with Crippen LogP contribution in [0.25, 0.3) is 0 Å². The molecule has 0 spiro atoms. The molecular formula is C21H21N3O6. The Morgan fingerprint density at radius 1 is 1.23 bits per heavy atom. The third-order valence-electron chi connectivity index (χ3n) is 4.77. The lowest BCUT2D eigenvalue weighted by Gasteiger charge is -2.19. The Morgan fingerprint density at radius 3 is 2.63 bits per heavy atom. The third-order valence-corrected chi connectivity index (χ3v) is 4.77. The average molecular weight is 411 g/mol. The number of benzene rings is 2. The first-order valence-electron chi connectivity index (χ1n) is 9.45. The zero-order valence-electron chi connectivity index (χ0n) is 16.4. The van der Waals surface area contributed by atoms with Crippen LogP contribution in [0.2, 0.25) is 0 Å². The predicted octanol–water partition coefficient (Wildman–Crippen LogP) is 2.19. The topological polar surface area (TPSA) is 119 Å². The molecule has 0 saturated heterocycles. The van der Waals surface area contributed by atoms with Crippen LogP contribution in [0.5, 0.6) is 0 Å². The molecule has 0 radical (unpaired) electrons. The van der Waals surface area contributed by atoms with Crippen molar-refractivity contribution >= 4 is 23.5 Å². The Bertz CT molecular complexity index is 976. The van der Waals surface area contributed by atoms with Gasteiger partial charge in [-0.1, -0.05) is 37.3 Å². The number of carbonyl (C=O) groups excluding carboxylic acids is 3. The van der Waals surface area contributed by atoms with Crippen molar-refractivity contribution in [2.75, 3.05) is 6.54 Å². The summed E-state index contributed by atoms with van der Waals surface area (Å²) in [7, 11) is 0. The van der Waals surface area contributed by atoms with Gasteiger partial charge in [0.25, 0.3) is 11.6 Å². The van der Waals surface area contributed by atoms with E-state index >= 15 is 0 Å². The van der Waals surface area contributed by atoms with Crippen molar-refractivity contribution in [3.05, 3.63) is 75.3 Å². The van der Waals surface area contributed by atoms with Crippen molar-refractivity contribution in [2.45, 2.75) is 32.5 Å². The zero-order chi connectivity index (χ0) is 21.7. The number of amides is 2. The van der Waals surface area contributed by atoms with E-state index in [0.717, 1.165) is 5.56 Å². The van der Waals surface area contributed by atoms with Crippen LogP contribution in [-0.2, 0) is 27.5 Å². The quantitative estimate of drug-likeness (QED) is 0.404. The van der Waals surface area contributed by atoms with E-state index in [4.69, 9.17) is 4.74 Å². The Morgan fingerprint density at radius 2 is 1.97 bits per heavy atom. The van der Waals surface area contributed by atoms with Gasteiger partial charge in [-0.2, -0.15) is 0 Å². The van der Waals surface area contributed by atoms with Crippen molar-refractivity contribution in [1.82, 2.24) is 10.2 Å². The van der Waals surface area contributed by atoms with Gasteiger partial charge in [-0.05, 0) is 23.6 Å². The number of fused-ring (bicyclic) bond motifs is 1. The fourth-order valence-corrected chi connectivity index (χ4v) is 3.16. The number of rotatable bonds is 8. The lowest BCUT2D eigenvalue weighted by atomic mass is 10.1. The lowest BCUT2D eigenvalue weighted by molar-refractivity contribution is -0.384. The minimum Gasteiger partial charge on any atom is -0.459 e. The Hall–Kier alpha value is -3.75. The number of hydrogen-bond donors (Lipinski definition) is 1. The van der Waals surface area contributed by atoms with Gasteiger partial charge in [-0.3, -0.25) is 19.7 Å². The Kier molecular flexibility index (Phi) is 6.41. The lowest BCUT2D eigenvalue weighted by Crippen LogP contribution is -2.46. The Balaban J connectivity index is 1.55. The van der Waals surface area contributed by atoms with Gasteiger partial charge < -0.3 is 15.0 Å². The van der Waals surface area contributed by atoms with E-state index in [1.807, 2.05) is 30.3 Å². The van der Waals surface area contributed by atoms with Crippen molar-refractivity contribution in [2.24, 2.45) is 0 Å². The summed E-state index contributed by atoms with van der Waals surface area (Å²) >= 11 is 0. The van der Waals surface area contributed by atoms with Crippen LogP contribution in [0, 0.1) is 10.1 Å². The number of nitro benzene ring substituents is 1. The van der Waals surface area contributed by atoms with Gasteiger partial charge in [0.15, 0.2) is 0 Å². The molecule has 9 heteroatoms. The summed E-state index contributed by atoms with van der Waals surface area (Å²) in [5.41, 5.74) is 1.49. The number of esters is 1. The summed E-state index contributed by atoms with van der Waals surface area (Å²) in [4.78, 5) is 48.8. The number of hydrogen-bond acceptors (Lipinski definition) is 6. The van der Waals surface area contributed by atoms with Crippen molar-refractivity contribution in [1.29, 1.82) is 0 Å². The summed E-state index contributed by atoms with van der Waals surface area (Å²) < 4.78 is 5.26. The molecule has 0 unspecified atom stereocenters. The number of nitrogens with one attached hydrogen (secondary N) is 1. The molecule has 1 heterocycles. The smallest absolute Gasteiger partial charge is 0.328 e. The van der Waals surface area contributed by atoms with E-state index in [9.17, 15) is 24.5 Å². The predicted molar refractivity (Wildman–Crippen MR) is 106 cm³/mol. The van der Waals surface area contributed by atoms with Gasteiger partial charge in [0.2, 0.25) is 5.91 Å². The maximum atomic E-state index is 12.5. The second-order valence-electron chi connectivity index (χ2n) is 6.88. The first-order valence-corrected chi connectivity index (χ1v) is 9.45. The monoisotopic (exact) mass is 411 g/mol. The molecule has 156 valence electrons. The molecule has 2 amide bonds. The highest BCUT2D eigenvalue weighted by Crippen LogP contribution is 2.26. The van der Waals surface area contributed by atoms with Gasteiger partial charge in [0.05, 0.1) is 10.5 Å². The van der Waals surface area contributed by atoms with Crippen LogP contribution < -0.4 is 5.32 Å². The summed E-state index contributed by atoms with van der Waals surface area (Å²) in [5, 5.41) is 13.5. The molecule has 0 saturated carbocycles. The highest BCUT2D eigenvalue weighted by molar-refractivity contribution is 6.01. The molecule has 3 rings (SSSR count). The Labute approximate surface area is 172 Å². The summed E-state index contributed by atoms with van der Waals surface area (Å²) in [6.45, 7) is 1.76. The largest absolute Gasteiger partial charge is 0.459 e. The standard InChI is InChI=1S/C21H21N3O6/c1-2-18(21(27)30-13-14-6-4-3-5-7-14)22-19(25)12-23-11-15-8-9-16(24(28)29)10-17(15)20(23)26/h3-10,18H,2,11-13H2,1H3,(H,22,25)/t18-/m0/s1. The van der Waals surface area contributed by atoms with Gasteiger partial charge >= 0.3 is 5.97 Å². The number of nitrogens with zero attached hydrogens (tertiary/aromatic N) is 2. The van der Waals surface area contributed by atoms with Gasteiger partial charge in [-0.15, -0.1) is 0 Å². The van der Waals surface area contributed by atoms with E-state index in [0.29, 0.717) is 12.0 Å². The maximum absolute atomic E-state index is 12.5. The molecule has 1 aliphatic rings. The molecule has 0 aromatic heterocycles. The molecule has 1 N–H and O–H groups in total. The van der Waals surface area contributed by atoms with Crippen molar-refractivity contribution in [3.63, 3.8) is 0 Å². The molecule has 1 aliphatic heterocycles.